The van der Waals surface area contributed by atoms with Crippen molar-refractivity contribution < 1.29 is 19.1 Å². The minimum absolute atomic E-state index is 0.135. The van der Waals surface area contributed by atoms with Gasteiger partial charge in [0.05, 0.1) is 21.1 Å². The van der Waals surface area contributed by atoms with Gasteiger partial charge in [0.2, 0.25) is 0 Å². The zero-order valence-corrected chi connectivity index (χ0v) is 25.8. The van der Waals surface area contributed by atoms with Crippen molar-refractivity contribution in [2.24, 2.45) is 0 Å². The molecule has 0 aliphatic heterocycles. The Morgan fingerprint density at radius 3 is 1.51 bits per heavy atom. The number of carbonyl (C=O) groups is 2. The van der Waals surface area contributed by atoms with Gasteiger partial charge in [-0.3, -0.25) is 9.59 Å². The molecule has 0 unspecified atom stereocenters. The van der Waals surface area contributed by atoms with E-state index in [2.05, 4.69) is 13.8 Å². The van der Waals surface area contributed by atoms with Gasteiger partial charge in [0.15, 0.2) is 11.0 Å². The molecule has 4 nitrogen and oxygen atoms in total. The molecule has 0 aliphatic rings. The van der Waals surface area contributed by atoms with E-state index < -0.39 is 7.92 Å². The highest BCUT2D eigenvalue weighted by Gasteiger charge is 2.35. The van der Waals surface area contributed by atoms with E-state index in [4.69, 9.17) is 9.47 Å². The van der Waals surface area contributed by atoms with Crippen LogP contribution in [0.4, 0.5) is 0 Å². The highest BCUT2D eigenvalue weighted by atomic mass is 31.1. The first-order valence-electron chi connectivity index (χ1n) is 14.0. The monoisotopic (exact) mass is 546 g/mol. The van der Waals surface area contributed by atoms with Crippen molar-refractivity contribution >= 4 is 24.3 Å². The molecule has 0 saturated carbocycles. The summed E-state index contributed by atoms with van der Waals surface area (Å²) < 4.78 is 12.2. The molecular formula is C34H43O4P. The molecule has 0 aliphatic carbocycles. The second-order valence-corrected chi connectivity index (χ2v) is 12.5. The van der Waals surface area contributed by atoms with Crippen LogP contribution in [0.25, 0.3) is 0 Å². The lowest BCUT2D eigenvalue weighted by atomic mass is 10.0. The molecule has 5 heteroatoms. The molecule has 0 aromatic heterocycles. The van der Waals surface area contributed by atoms with Crippen molar-refractivity contribution in [1.82, 2.24) is 0 Å². The average molecular weight is 547 g/mol. The zero-order chi connectivity index (χ0) is 28.7. The van der Waals surface area contributed by atoms with Crippen molar-refractivity contribution in [2.75, 3.05) is 13.2 Å². The first-order valence-corrected chi connectivity index (χ1v) is 15.4. The van der Waals surface area contributed by atoms with Crippen LogP contribution in [-0.4, -0.2) is 24.3 Å². The van der Waals surface area contributed by atoms with E-state index in [9.17, 15) is 9.59 Å². The van der Waals surface area contributed by atoms with Gasteiger partial charge in [-0.1, -0.05) is 62.1 Å². The Bertz CT molecular complexity index is 1230. The van der Waals surface area contributed by atoms with Crippen LogP contribution in [0.1, 0.15) is 93.6 Å². The van der Waals surface area contributed by atoms with E-state index in [0.717, 1.165) is 59.1 Å². The van der Waals surface area contributed by atoms with Crippen molar-refractivity contribution in [1.29, 1.82) is 0 Å². The van der Waals surface area contributed by atoms with E-state index in [1.807, 2.05) is 84.0 Å². The van der Waals surface area contributed by atoms with Crippen LogP contribution in [0.3, 0.4) is 0 Å². The van der Waals surface area contributed by atoms with Gasteiger partial charge >= 0.3 is 0 Å². The summed E-state index contributed by atoms with van der Waals surface area (Å²) in [5.41, 5.74) is 6.75. The number of aryl methyl sites for hydroxylation is 6. The SMILES string of the molecule is CCCCOc1ccc(P(C(=O)c2c(C)cc(C)cc2C)C(=O)c2c(C)cc(C)cc2C)c(OCCCC)c1. The fourth-order valence-electron chi connectivity index (χ4n) is 5.11. The fraction of sp³-hybridized carbons (Fsp3) is 0.412. The van der Waals surface area contributed by atoms with E-state index in [-0.39, 0.29) is 11.0 Å². The van der Waals surface area contributed by atoms with E-state index in [0.29, 0.717) is 41.1 Å². The predicted octanol–water partition coefficient (Wildman–Crippen LogP) is 8.68. The summed E-state index contributed by atoms with van der Waals surface area (Å²) in [6.45, 7) is 17.2. The fourth-order valence-corrected chi connectivity index (χ4v) is 7.46. The van der Waals surface area contributed by atoms with Crippen LogP contribution in [0.2, 0.25) is 0 Å². The molecule has 0 heterocycles. The molecule has 0 N–H and O–H groups in total. The molecule has 208 valence electrons. The lowest BCUT2D eigenvalue weighted by Gasteiger charge is -2.23. The van der Waals surface area contributed by atoms with E-state index in [1.54, 1.807) is 0 Å². The topological polar surface area (TPSA) is 52.6 Å². The summed E-state index contributed by atoms with van der Waals surface area (Å²) in [4.78, 5) is 29.0. The summed E-state index contributed by atoms with van der Waals surface area (Å²) in [5.74, 6) is 1.26. The van der Waals surface area contributed by atoms with Crippen LogP contribution in [0.15, 0.2) is 42.5 Å². The number of rotatable bonds is 13. The maximum Gasteiger partial charge on any atom is 0.197 e. The van der Waals surface area contributed by atoms with Crippen LogP contribution in [-0.2, 0) is 0 Å². The maximum atomic E-state index is 14.5. The summed E-state index contributed by atoms with van der Waals surface area (Å²) in [6, 6.07) is 13.7. The number of carbonyl (C=O) groups excluding carboxylic acids is 2. The summed E-state index contributed by atoms with van der Waals surface area (Å²) >= 11 is 0. The van der Waals surface area contributed by atoms with Crippen LogP contribution >= 0.6 is 7.92 Å². The van der Waals surface area contributed by atoms with Crippen LogP contribution in [0, 0.1) is 41.5 Å². The third-order valence-corrected chi connectivity index (χ3v) is 8.99. The van der Waals surface area contributed by atoms with Crippen LogP contribution in [0.5, 0.6) is 11.5 Å². The highest BCUT2D eigenvalue weighted by Crippen LogP contribution is 2.47. The predicted molar refractivity (Wildman–Crippen MR) is 164 cm³/mol. The van der Waals surface area contributed by atoms with Gasteiger partial charge in [-0.2, -0.15) is 0 Å². The van der Waals surface area contributed by atoms with Gasteiger partial charge in [-0.05, 0) is 88.8 Å². The third-order valence-electron chi connectivity index (χ3n) is 6.88. The molecular weight excluding hydrogens is 503 g/mol. The Kier molecular flexibility index (Phi) is 10.9. The second-order valence-electron chi connectivity index (χ2n) is 10.5. The van der Waals surface area contributed by atoms with Gasteiger partial charge in [0.1, 0.15) is 11.5 Å². The number of hydrogen-bond acceptors (Lipinski definition) is 4. The lowest BCUT2D eigenvalue weighted by Crippen LogP contribution is -2.21. The van der Waals surface area contributed by atoms with E-state index in [1.165, 1.54) is 0 Å². The van der Waals surface area contributed by atoms with E-state index >= 15 is 0 Å². The van der Waals surface area contributed by atoms with Crippen molar-refractivity contribution in [3.05, 3.63) is 87.0 Å². The first kappa shape index (κ1) is 30.6. The van der Waals surface area contributed by atoms with Gasteiger partial charge in [-0.25, -0.2) is 0 Å². The Hall–Kier alpha value is -2.97. The summed E-state index contributed by atoms with van der Waals surface area (Å²) in [7, 11) is -1.94. The molecule has 0 bridgehead atoms. The lowest BCUT2D eigenvalue weighted by molar-refractivity contribution is 0.105. The smallest absolute Gasteiger partial charge is 0.197 e. The highest BCUT2D eigenvalue weighted by molar-refractivity contribution is 7.96. The van der Waals surface area contributed by atoms with Crippen molar-refractivity contribution in [2.45, 2.75) is 81.1 Å². The Labute approximate surface area is 235 Å². The molecule has 0 saturated heterocycles. The molecule has 0 spiro atoms. The quantitative estimate of drug-likeness (QED) is 0.159. The normalized spacial score (nSPS) is 11.1. The van der Waals surface area contributed by atoms with Gasteiger partial charge < -0.3 is 9.47 Å². The number of benzene rings is 3. The summed E-state index contributed by atoms with van der Waals surface area (Å²) in [6.07, 6.45) is 3.86. The number of unbranched alkanes of at least 4 members (excludes halogenated alkanes) is 2. The minimum Gasteiger partial charge on any atom is -0.493 e. The Balaban J connectivity index is 2.23. The number of hydrogen-bond donors (Lipinski definition) is 0. The Morgan fingerprint density at radius 2 is 1.08 bits per heavy atom. The second kappa shape index (κ2) is 13.9. The maximum absolute atomic E-state index is 14.5. The zero-order valence-electron chi connectivity index (χ0n) is 24.9. The Morgan fingerprint density at radius 1 is 0.641 bits per heavy atom. The minimum atomic E-state index is -1.94. The third kappa shape index (κ3) is 7.37. The molecule has 0 amide bonds. The molecule has 0 fully saturated rings. The van der Waals surface area contributed by atoms with Crippen molar-refractivity contribution in [3.63, 3.8) is 0 Å². The van der Waals surface area contributed by atoms with Gasteiger partial charge in [-0.15, -0.1) is 0 Å². The molecule has 0 radical (unpaired) electrons. The van der Waals surface area contributed by atoms with Crippen LogP contribution < -0.4 is 14.8 Å². The van der Waals surface area contributed by atoms with Gasteiger partial charge in [0.25, 0.3) is 0 Å². The summed E-state index contributed by atoms with van der Waals surface area (Å²) in [5, 5.41) is 0.651. The first-order chi connectivity index (χ1) is 18.6. The molecule has 39 heavy (non-hydrogen) atoms. The largest absolute Gasteiger partial charge is 0.493 e. The molecule has 0 atom stereocenters. The van der Waals surface area contributed by atoms with Crippen molar-refractivity contribution in [3.8, 4) is 11.5 Å². The molecule has 3 aromatic rings. The number of ether oxygens (including phenoxy) is 2. The average Bonchev–Trinajstić information content (AvgIpc) is 2.84. The van der Waals surface area contributed by atoms with Gasteiger partial charge in [0, 0.05) is 22.5 Å². The molecule has 3 rings (SSSR count). The standard InChI is InChI=1S/C34H43O4P/c1-9-11-15-37-28-13-14-30(29(21-28)38-16-12-10-2)39(33(35)31-24(5)17-22(3)18-25(31)6)34(36)32-26(7)19-23(4)20-27(32)8/h13-14,17-21H,9-12,15-16H2,1-8H3. The molecule has 3 aromatic carbocycles.